The molecule has 1 aromatic heterocycles. The lowest BCUT2D eigenvalue weighted by Gasteiger charge is -2.04. The Labute approximate surface area is 83.4 Å². The predicted molar refractivity (Wildman–Crippen MR) is 54.6 cm³/mol. The number of anilines is 1. The van der Waals surface area contributed by atoms with Crippen molar-refractivity contribution in [2.45, 2.75) is 20.5 Å². The van der Waals surface area contributed by atoms with E-state index in [-0.39, 0.29) is 6.61 Å². The molecule has 74 valence electrons. The minimum absolute atomic E-state index is 0.143. The standard InChI is InChI=1S/C10H13N3O/c1-3-4-5-11-9-6-8(2)12-10(7-14)13-9/h6,14H,5,7H2,1-2H3,(H,11,12,13). The van der Waals surface area contributed by atoms with Gasteiger partial charge in [-0.25, -0.2) is 9.97 Å². The maximum atomic E-state index is 8.88. The van der Waals surface area contributed by atoms with E-state index in [1.165, 1.54) is 0 Å². The Bertz CT molecular complexity index is 365. The van der Waals surface area contributed by atoms with Gasteiger partial charge >= 0.3 is 0 Å². The van der Waals surface area contributed by atoms with Gasteiger partial charge in [0.2, 0.25) is 0 Å². The van der Waals surface area contributed by atoms with Gasteiger partial charge in [0.15, 0.2) is 5.82 Å². The molecule has 0 aliphatic rings. The van der Waals surface area contributed by atoms with Gasteiger partial charge in [-0.15, -0.1) is 5.92 Å². The van der Waals surface area contributed by atoms with E-state index in [0.29, 0.717) is 18.2 Å². The van der Waals surface area contributed by atoms with Gasteiger partial charge < -0.3 is 10.4 Å². The Balaban J connectivity index is 2.74. The highest BCUT2D eigenvalue weighted by molar-refractivity contribution is 5.37. The van der Waals surface area contributed by atoms with Gasteiger partial charge in [0.05, 0.1) is 6.54 Å². The van der Waals surface area contributed by atoms with Gasteiger partial charge in [0, 0.05) is 11.8 Å². The van der Waals surface area contributed by atoms with E-state index in [4.69, 9.17) is 5.11 Å². The highest BCUT2D eigenvalue weighted by Gasteiger charge is 1.99. The molecule has 1 heterocycles. The smallest absolute Gasteiger partial charge is 0.156 e. The number of aliphatic hydroxyl groups is 1. The Morgan fingerprint density at radius 2 is 2.29 bits per heavy atom. The number of nitrogens with one attached hydrogen (secondary N) is 1. The lowest BCUT2D eigenvalue weighted by molar-refractivity contribution is 0.271. The Kier molecular flexibility index (Phi) is 3.89. The third-order valence-electron chi connectivity index (χ3n) is 1.58. The number of hydrogen-bond donors (Lipinski definition) is 2. The third kappa shape index (κ3) is 3.04. The van der Waals surface area contributed by atoms with Gasteiger partial charge in [-0.3, -0.25) is 0 Å². The first-order valence-electron chi connectivity index (χ1n) is 4.35. The fourth-order valence-electron chi connectivity index (χ4n) is 1.01. The third-order valence-corrected chi connectivity index (χ3v) is 1.58. The van der Waals surface area contributed by atoms with Crippen LogP contribution in [0.25, 0.3) is 0 Å². The minimum Gasteiger partial charge on any atom is -0.388 e. The van der Waals surface area contributed by atoms with E-state index in [0.717, 1.165) is 5.69 Å². The molecule has 1 aromatic rings. The van der Waals surface area contributed by atoms with Crippen molar-refractivity contribution >= 4 is 5.82 Å². The number of rotatable bonds is 3. The molecule has 0 spiro atoms. The van der Waals surface area contributed by atoms with E-state index in [1.807, 2.05) is 13.0 Å². The Morgan fingerprint density at radius 1 is 1.50 bits per heavy atom. The van der Waals surface area contributed by atoms with Crippen LogP contribution in [0.1, 0.15) is 18.4 Å². The molecule has 0 aromatic carbocycles. The van der Waals surface area contributed by atoms with Crippen molar-refractivity contribution in [3.8, 4) is 11.8 Å². The van der Waals surface area contributed by atoms with Crippen molar-refractivity contribution in [1.29, 1.82) is 0 Å². The second-order valence-corrected chi connectivity index (χ2v) is 2.75. The average Bonchev–Trinajstić information content (AvgIpc) is 2.17. The van der Waals surface area contributed by atoms with Crippen LogP contribution in [-0.4, -0.2) is 21.6 Å². The van der Waals surface area contributed by atoms with Crippen LogP contribution in [0.3, 0.4) is 0 Å². The molecular weight excluding hydrogens is 178 g/mol. The summed E-state index contributed by atoms with van der Waals surface area (Å²) in [6.45, 7) is 4.05. The van der Waals surface area contributed by atoms with Crippen LogP contribution in [0.2, 0.25) is 0 Å². The summed E-state index contributed by atoms with van der Waals surface area (Å²) in [5.74, 6) is 6.77. The summed E-state index contributed by atoms with van der Waals surface area (Å²) in [5, 5.41) is 11.9. The second-order valence-electron chi connectivity index (χ2n) is 2.75. The molecule has 0 unspecified atom stereocenters. The molecule has 0 fully saturated rings. The molecule has 0 amide bonds. The van der Waals surface area contributed by atoms with Crippen LogP contribution in [-0.2, 0) is 6.61 Å². The van der Waals surface area contributed by atoms with Crippen LogP contribution >= 0.6 is 0 Å². The van der Waals surface area contributed by atoms with Crippen molar-refractivity contribution in [2.75, 3.05) is 11.9 Å². The van der Waals surface area contributed by atoms with Gasteiger partial charge in [-0.05, 0) is 13.8 Å². The van der Waals surface area contributed by atoms with E-state index in [9.17, 15) is 0 Å². The first-order chi connectivity index (χ1) is 6.76. The number of aromatic nitrogens is 2. The number of nitrogens with zero attached hydrogens (tertiary/aromatic N) is 2. The summed E-state index contributed by atoms with van der Waals surface area (Å²) in [6.07, 6.45) is 0. The molecule has 0 aliphatic carbocycles. The monoisotopic (exact) mass is 191 g/mol. The van der Waals surface area contributed by atoms with E-state index in [1.54, 1.807) is 6.92 Å². The van der Waals surface area contributed by atoms with Crippen molar-refractivity contribution in [3.63, 3.8) is 0 Å². The van der Waals surface area contributed by atoms with E-state index in [2.05, 4.69) is 27.1 Å². The van der Waals surface area contributed by atoms with E-state index >= 15 is 0 Å². The molecule has 0 atom stereocenters. The molecule has 0 radical (unpaired) electrons. The maximum absolute atomic E-state index is 8.88. The molecule has 0 saturated heterocycles. The zero-order valence-electron chi connectivity index (χ0n) is 8.33. The molecule has 2 N–H and O–H groups in total. The first-order valence-corrected chi connectivity index (χ1v) is 4.35. The predicted octanol–water partition coefficient (Wildman–Crippen LogP) is 0.713. The largest absolute Gasteiger partial charge is 0.388 e. The number of aliphatic hydroxyl groups excluding tert-OH is 1. The molecule has 4 heteroatoms. The summed E-state index contributed by atoms with van der Waals surface area (Å²) < 4.78 is 0. The fourth-order valence-corrected chi connectivity index (χ4v) is 1.01. The molecular formula is C10H13N3O. The summed E-state index contributed by atoms with van der Waals surface area (Å²) in [7, 11) is 0. The molecule has 0 saturated carbocycles. The van der Waals surface area contributed by atoms with Crippen LogP contribution in [0, 0.1) is 18.8 Å². The minimum atomic E-state index is -0.143. The van der Waals surface area contributed by atoms with Crippen LogP contribution in [0.15, 0.2) is 6.07 Å². The summed E-state index contributed by atoms with van der Waals surface area (Å²) in [5.41, 5.74) is 0.830. The maximum Gasteiger partial charge on any atom is 0.156 e. The Morgan fingerprint density at radius 3 is 2.93 bits per heavy atom. The molecule has 1 rings (SSSR count). The average molecular weight is 191 g/mol. The summed E-state index contributed by atoms with van der Waals surface area (Å²) in [4.78, 5) is 8.13. The van der Waals surface area contributed by atoms with Gasteiger partial charge in [-0.1, -0.05) is 5.92 Å². The van der Waals surface area contributed by atoms with Crippen molar-refractivity contribution in [1.82, 2.24) is 9.97 Å². The van der Waals surface area contributed by atoms with Crippen molar-refractivity contribution < 1.29 is 5.11 Å². The van der Waals surface area contributed by atoms with Crippen LogP contribution in [0.4, 0.5) is 5.82 Å². The number of aryl methyl sites for hydroxylation is 1. The molecule has 0 bridgehead atoms. The van der Waals surface area contributed by atoms with Gasteiger partial charge in [0.1, 0.15) is 12.4 Å². The van der Waals surface area contributed by atoms with Crippen LogP contribution in [0.5, 0.6) is 0 Å². The zero-order valence-corrected chi connectivity index (χ0v) is 8.33. The topological polar surface area (TPSA) is 58.0 Å². The van der Waals surface area contributed by atoms with Gasteiger partial charge in [-0.2, -0.15) is 0 Å². The lowest BCUT2D eigenvalue weighted by Crippen LogP contribution is -2.05. The fraction of sp³-hybridized carbons (Fsp3) is 0.400. The summed E-state index contributed by atoms with van der Waals surface area (Å²) >= 11 is 0. The van der Waals surface area contributed by atoms with Gasteiger partial charge in [0.25, 0.3) is 0 Å². The quantitative estimate of drug-likeness (QED) is 0.691. The number of hydrogen-bond acceptors (Lipinski definition) is 4. The Hall–Kier alpha value is -1.60. The molecule has 14 heavy (non-hydrogen) atoms. The summed E-state index contributed by atoms with van der Waals surface area (Å²) in [6, 6.07) is 1.82. The van der Waals surface area contributed by atoms with E-state index < -0.39 is 0 Å². The first kappa shape index (κ1) is 10.5. The zero-order chi connectivity index (χ0) is 10.4. The SMILES string of the molecule is CC#CCNc1cc(C)nc(CO)n1. The van der Waals surface area contributed by atoms with Crippen molar-refractivity contribution in [2.24, 2.45) is 0 Å². The normalized spacial score (nSPS) is 9.07. The van der Waals surface area contributed by atoms with Crippen LogP contribution < -0.4 is 5.32 Å². The molecule has 4 nitrogen and oxygen atoms in total. The highest BCUT2D eigenvalue weighted by atomic mass is 16.3. The highest BCUT2D eigenvalue weighted by Crippen LogP contribution is 2.05. The lowest BCUT2D eigenvalue weighted by atomic mass is 10.4. The van der Waals surface area contributed by atoms with Crippen molar-refractivity contribution in [3.05, 3.63) is 17.6 Å². The second kappa shape index (κ2) is 5.20. The molecule has 0 aliphatic heterocycles.